The Morgan fingerprint density at radius 1 is 0.714 bits per heavy atom. The van der Waals surface area contributed by atoms with Crippen LogP contribution in [0.5, 0.6) is 0 Å². The second kappa shape index (κ2) is 7.66. The highest BCUT2D eigenvalue weighted by atomic mass is 32.2. The van der Waals surface area contributed by atoms with E-state index in [1.54, 1.807) is 24.3 Å². The summed E-state index contributed by atoms with van der Waals surface area (Å²) >= 11 is 0.150. The van der Waals surface area contributed by atoms with E-state index < -0.39 is 28.6 Å². The first kappa shape index (κ1) is 19.9. The SMILES string of the molecule is FC(F)(F)/N=C1\S/C(=N\C(F)(F)F)N(c2ccccc2)C1=Nc1ccccc1. The van der Waals surface area contributed by atoms with E-state index in [2.05, 4.69) is 15.0 Å². The molecular formula is C17H10F6N4S. The highest BCUT2D eigenvalue weighted by Crippen LogP contribution is 2.35. The molecule has 0 aromatic heterocycles. The van der Waals surface area contributed by atoms with E-state index in [0.717, 1.165) is 4.90 Å². The topological polar surface area (TPSA) is 40.3 Å². The van der Waals surface area contributed by atoms with Crippen molar-refractivity contribution in [1.82, 2.24) is 0 Å². The number of para-hydroxylation sites is 2. The summed E-state index contributed by atoms with van der Waals surface area (Å²) in [7, 11) is 0. The Hall–Kier alpha value is -2.82. The average molecular weight is 416 g/mol. The molecule has 1 aliphatic heterocycles. The van der Waals surface area contributed by atoms with E-state index >= 15 is 0 Å². The van der Waals surface area contributed by atoms with Crippen LogP contribution in [0.2, 0.25) is 0 Å². The Morgan fingerprint density at radius 3 is 1.79 bits per heavy atom. The molecule has 0 radical (unpaired) electrons. The summed E-state index contributed by atoms with van der Waals surface area (Å²) in [6, 6.07) is 15.4. The second-order valence-electron chi connectivity index (χ2n) is 5.29. The first-order chi connectivity index (χ1) is 13.1. The van der Waals surface area contributed by atoms with Crippen LogP contribution >= 0.6 is 11.8 Å². The Kier molecular flexibility index (Phi) is 5.45. The van der Waals surface area contributed by atoms with Crippen LogP contribution in [0.25, 0.3) is 0 Å². The molecule has 146 valence electrons. The Balaban J connectivity index is 2.22. The van der Waals surface area contributed by atoms with Crippen LogP contribution in [0.3, 0.4) is 0 Å². The van der Waals surface area contributed by atoms with E-state index in [1.807, 2.05) is 0 Å². The highest BCUT2D eigenvalue weighted by molar-refractivity contribution is 8.29. The third-order valence-electron chi connectivity index (χ3n) is 3.24. The molecule has 0 bridgehead atoms. The average Bonchev–Trinajstić information content (AvgIpc) is 2.89. The lowest BCUT2D eigenvalue weighted by Crippen LogP contribution is -2.32. The van der Waals surface area contributed by atoms with Crippen LogP contribution in [-0.4, -0.2) is 28.6 Å². The molecule has 0 N–H and O–H groups in total. The molecule has 0 amide bonds. The van der Waals surface area contributed by atoms with Crippen LogP contribution in [0, 0.1) is 0 Å². The van der Waals surface area contributed by atoms with Gasteiger partial charge in [0.05, 0.1) is 5.69 Å². The molecule has 0 saturated carbocycles. The maximum Gasteiger partial charge on any atom is 0.505 e. The smallest absolute Gasteiger partial charge is 0.271 e. The third-order valence-corrected chi connectivity index (χ3v) is 4.16. The maximum absolute atomic E-state index is 12.9. The molecule has 2 aromatic rings. The van der Waals surface area contributed by atoms with Crippen LogP contribution in [0.15, 0.2) is 75.6 Å². The van der Waals surface area contributed by atoms with Gasteiger partial charge in [0.15, 0.2) is 16.0 Å². The summed E-state index contributed by atoms with van der Waals surface area (Å²) in [5, 5.41) is -1.46. The molecule has 2 aromatic carbocycles. The first-order valence-electron chi connectivity index (χ1n) is 7.63. The van der Waals surface area contributed by atoms with Crippen molar-refractivity contribution in [1.29, 1.82) is 0 Å². The van der Waals surface area contributed by atoms with E-state index in [4.69, 9.17) is 0 Å². The minimum Gasteiger partial charge on any atom is -0.271 e. The van der Waals surface area contributed by atoms with Crippen molar-refractivity contribution >= 4 is 39.2 Å². The van der Waals surface area contributed by atoms with Crippen molar-refractivity contribution in [2.45, 2.75) is 12.6 Å². The second-order valence-corrected chi connectivity index (χ2v) is 6.25. The highest BCUT2D eigenvalue weighted by Gasteiger charge is 2.41. The van der Waals surface area contributed by atoms with Crippen LogP contribution < -0.4 is 4.90 Å². The van der Waals surface area contributed by atoms with Crippen molar-refractivity contribution in [3.05, 3.63) is 60.7 Å². The Labute approximate surface area is 159 Å². The fraction of sp³-hybridized carbons (Fsp3) is 0.118. The lowest BCUT2D eigenvalue weighted by Gasteiger charge is -2.18. The van der Waals surface area contributed by atoms with Crippen molar-refractivity contribution in [2.24, 2.45) is 15.0 Å². The van der Waals surface area contributed by atoms with Gasteiger partial charge in [0.2, 0.25) is 0 Å². The zero-order valence-corrected chi connectivity index (χ0v) is 14.6. The molecule has 1 aliphatic rings. The fourth-order valence-corrected chi connectivity index (χ4v) is 3.25. The minimum atomic E-state index is -4.99. The first-order valence-corrected chi connectivity index (χ1v) is 8.44. The zero-order chi connectivity index (χ0) is 20.4. The van der Waals surface area contributed by atoms with Crippen molar-refractivity contribution < 1.29 is 26.3 Å². The zero-order valence-electron chi connectivity index (χ0n) is 13.7. The van der Waals surface area contributed by atoms with Gasteiger partial charge in [0.1, 0.15) is 0 Å². The summed E-state index contributed by atoms with van der Waals surface area (Å²) in [4.78, 5) is 10.2. The quantitative estimate of drug-likeness (QED) is 0.461. The van der Waals surface area contributed by atoms with Crippen LogP contribution in [0.1, 0.15) is 0 Å². The monoisotopic (exact) mass is 416 g/mol. The molecule has 0 atom stereocenters. The molecular weight excluding hydrogens is 406 g/mol. The third kappa shape index (κ3) is 5.12. The summed E-state index contributed by atoms with van der Waals surface area (Å²) in [6.45, 7) is 0. The normalized spacial score (nSPS) is 19.8. The molecule has 11 heteroatoms. The molecule has 1 fully saturated rings. The van der Waals surface area contributed by atoms with Crippen molar-refractivity contribution in [2.75, 3.05) is 4.90 Å². The lowest BCUT2D eigenvalue weighted by molar-refractivity contribution is -0.120. The number of anilines is 1. The number of benzene rings is 2. The standard InChI is InChI=1S/C17H10F6N4S/c18-16(19,20)25-14-13(24-11-7-3-1-4-8-11)27(12-9-5-2-6-10-12)15(28-14)26-17(21,22)23/h1-10H/b24-13?,25-14-,26-15-. The molecule has 0 spiro atoms. The Bertz CT molecular complexity index is 920. The minimum absolute atomic E-state index is 0.150. The largest absolute Gasteiger partial charge is 0.505 e. The number of amidine groups is 2. The number of alkyl halides is 6. The predicted molar refractivity (Wildman–Crippen MR) is 97.0 cm³/mol. The molecule has 4 nitrogen and oxygen atoms in total. The van der Waals surface area contributed by atoms with Crippen molar-refractivity contribution in [3.8, 4) is 0 Å². The summed E-state index contributed by atoms with van der Waals surface area (Å²) < 4.78 is 77.3. The number of hydrogen-bond donors (Lipinski definition) is 0. The van der Waals surface area contributed by atoms with Gasteiger partial charge >= 0.3 is 12.6 Å². The van der Waals surface area contributed by atoms with E-state index in [0.29, 0.717) is 0 Å². The summed E-state index contributed by atoms with van der Waals surface area (Å²) in [6.07, 6.45) is -9.98. The maximum atomic E-state index is 12.9. The number of nitrogens with zero attached hydrogens (tertiary/aromatic N) is 4. The van der Waals surface area contributed by atoms with E-state index in [9.17, 15) is 26.3 Å². The molecule has 0 aliphatic carbocycles. The van der Waals surface area contributed by atoms with Crippen molar-refractivity contribution in [3.63, 3.8) is 0 Å². The van der Waals surface area contributed by atoms with E-state index in [1.165, 1.54) is 36.4 Å². The number of aliphatic imine (C=N–C) groups is 3. The summed E-state index contributed by atoms with van der Waals surface area (Å²) in [5.41, 5.74) is 0.419. The predicted octanol–water partition coefficient (Wildman–Crippen LogP) is 5.76. The van der Waals surface area contributed by atoms with Crippen LogP contribution in [0.4, 0.5) is 37.7 Å². The lowest BCUT2D eigenvalue weighted by atomic mass is 10.3. The van der Waals surface area contributed by atoms with Gasteiger partial charge in [-0.15, -0.1) is 26.3 Å². The number of halogens is 6. The van der Waals surface area contributed by atoms with Gasteiger partial charge in [0, 0.05) is 5.69 Å². The number of hydrogen-bond acceptors (Lipinski definition) is 4. The molecule has 0 unspecified atom stereocenters. The number of rotatable bonds is 2. The molecule has 1 saturated heterocycles. The number of thioether (sulfide) groups is 1. The molecule has 28 heavy (non-hydrogen) atoms. The van der Waals surface area contributed by atoms with Gasteiger partial charge in [0.25, 0.3) is 0 Å². The molecule has 1 heterocycles. The van der Waals surface area contributed by atoms with Gasteiger partial charge in [-0.2, -0.15) is 9.98 Å². The summed E-state index contributed by atoms with van der Waals surface area (Å²) in [5.74, 6) is -0.400. The van der Waals surface area contributed by atoms with Gasteiger partial charge < -0.3 is 0 Å². The fourth-order valence-electron chi connectivity index (χ4n) is 2.27. The van der Waals surface area contributed by atoms with Gasteiger partial charge in [-0.3, -0.25) is 4.90 Å². The molecule has 3 rings (SSSR count). The van der Waals surface area contributed by atoms with Crippen LogP contribution in [-0.2, 0) is 0 Å². The Morgan fingerprint density at radius 2 is 1.25 bits per heavy atom. The van der Waals surface area contributed by atoms with Gasteiger partial charge in [-0.25, -0.2) is 4.99 Å². The van der Waals surface area contributed by atoms with Gasteiger partial charge in [-0.05, 0) is 36.0 Å². The van der Waals surface area contributed by atoms with Gasteiger partial charge in [-0.1, -0.05) is 36.4 Å². The van der Waals surface area contributed by atoms with E-state index in [-0.39, 0.29) is 23.1 Å².